The number of aromatic nitrogens is 2. The predicted molar refractivity (Wildman–Crippen MR) is 133 cm³/mol. The summed E-state index contributed by atoms with van der Waals surface area (Å²) in [6.07, 6.45) is 4.38. The molecule has 0 bridgehead atoms. The van der Waals surface area contributed by atoms with Crippen LogP contribution in [0.5, 0.6) is 0 Å². The van der Waals surface area contributed by atoms with Gasteiger partial charge in [-0.15, -0.1) is 0 Å². The van der Waals surface area contributed by atoms with Crippen LogP contribution < -0.4 is 16.0 Å². The molecule has 1 aliphatic heterocycles. The third-order valence-corrected chi connectivity index (χ3v) is 5.36. The van der Waals surface area contributed by atoms with E-state index in [1.165, 1.54) is 6.07 Å². The molecule has 2 heterocycles. The van der Waals surface area contributed by atoms with Gasteiger partial charge in [-0.3, -0.25) is 15.5 Å². The van der Waals surface area contributed by atoms with E-state index >= 15 is 4.39 Å². The van der Waals surface area contributed by atoms with Crippen molar-refractivity contribution in [1.29, 1.82) is 5.41 Å². The molecule has 0 aliphatic carbocycles. The van der Waals surface area contributed by atoms with Crippen LogP contribution in [0.25, 0.3) is 11.1 Å². The van der Waals surface area contributed by atoms with E-state index < -0.39 is 17.9 Å². The fourth-order valence-electron chi connectivity index (χ4n) is 3.53. The van der Waals surface area contributed by atoms with Gasteiger partial charge in [-0.05, 0) is 13.3 Å². The Kier molecular flexibility index (Phi) is 10.1. The highest BCUT2D eigenvalue weighted by molar-refractivity contribution is 5.90. The zero-order valence-electron chi connectivity index (χ0n) is 20.5. The van der Waals surface area contributed by atoms with Crippen LogP contribution in [-0.2, 0) is 25.7 Å². The molecule has 2 aromatic rings. The molecular formula is C24H30FN7O5. The molecule has 1 aromatic heterocycles. The molecule has 1 amide bonds. The maximum absolute atomic E-state index is 15.0. The number of ether oxygens (including phenoxy) is 2. The quantitative estimate of drug-likeness (QED) is 0.142. The lowest BCUT2D eigenvalue weighted by atomic mass is 10.1. The Bertz CT molecular complexity index is 1120. The number of esters is 1. The highest BCUT2D eigenvalue weighted by atomic mass is 19.1. The summed E-state index contributed by atoms with van der Waals surface area (Å²) in [7, 11) is 0. The van der Waals surface area contributed by atoms with Crippen molar-refractivity contribution in [2.24, 2.45) is 10.9 Å². The minimum atomic E-state index is -0.944. The lowest BCUT2D eigenvalue weighted by molar-refractivity contribution is -0.143. The highest BCUT2D eigenvalue weighted by Crippen LogP contribution is 2.25. The summed E-state index contributed by atoms with van der Waals surface area (Å²) in [6, 6.07) is 4.72. The number of piperidine rings is 1. The van der Waals surface area contributed by atoms with Crippen LogP contribution in [0, 0.1) is 11.2 Å². The third kappa shape index (κ3) is 8.40. The topological polar surface area (TPSA) is 165 Å². The van der Waals surface area contributed by atoms with Crippen LogP contribution in [0.3, 0.4) is 0 Å². The average molecular weight is 516 g/mol. The molecule has 3 rings (SSSR count). The number of halogens is 1. The molecule has 0 saturated carbocycles. The molecule has 0 spiro atoms. The zero-order chi connectivity index (χ0) is 26.6. The number of rotatable bonds is 10. The van der Waals surface area contributed by atoms with Crippen LogP contribution in [-0.4, -0.2) is 60.0 Å². The number of alkyl carbamates (subject to hydrolysis) is 1. The van der Waals surface area contributed by atoms with Crippen molar-refractivity contribution in [2.75, 3.05) is 31.2 Å². The molecule has 4 N–H and O–H groups in total. The first-order chi connectivity index (χ1) is 17.9. The van der Waals surface area contributed by atoms with E-state index in [4.69, 9.17) is 25.5 Å². The summed E-state index contributed by atoms with van der Waals surface area (Å²) in [5.74, 6) is -0.836. The molecule has 0 unspecified atom stereocenters. The van der Waals surface area contributed by atoms with Gasteiger partial charge in [0.15, 0.2) is 5.96 Å². The first-order valence-electron chi connectivity index (χ1n) is 11.8. The van der Waals surface area contributed by atoms with Crippen LogP contribution >= 0.6 is 0 Å². The van der Waals surface area contributed by atoms with Crippen molar-refractivity contribution in [1.82, 2.24) is 15.3 Å². The number of hydrogen-bond acceptors (Lipinski definition) is 10. The van der Waals surface area contributed by atoms with E-state index in [9.17, 15) is 9.59 Å². The van der Waals surface area contributed by atoms with Gasteiger partial charge in [0, 0.05) is 61.4 Å². The van der Waals surface area contributed by atoms with Gasteiger partial charge >= 0.3 is 12.1 Å². The SMILES string of the molecule is CCOC(=O)CCCON=C1CCN(c2ncc(-c3cccc(COC(=O)NC(=N)N)c3F)cn2)CC1. The third-order valence-electron chi connectivity index (χ3n) is 5.36. The van der Waals surface area contributed by atoms with Gasteiger partial charge in [0.05, 0.1) is 12.3 Å². The van der Waals surface area contributed by atoms with Crippen molar-refractivity contribution < 1.29 is 28.3 Å². The summed E-state index contributed by atoms with van der Waals surface area (Å²) in [5, 5.41) is 13.1. The van der Waals surface area contributed by atoms with E-state index in [1.807, 2.05) is 10.2 Å². The van der Waals surface area contributed by atoms with Gasteiger partial charge in [-0.2, -0.15) is 0 Å². The Labute approximate surface area is 213 Å². The zero-order valence-corrected chi connectivity index (χ0v) is 20.5. The number of oxime groups is 1. The van der Waals surface area contributed by atoms with Crippen molar-refractivity contribution in [3.05, 3.63) is 42.0 Å². The molecule has 1 fully saturated rings. The molecule has 1 aromatic carbocycles. The Morgan fingerprint density at radius 2 is 1.95 bits per heavy atom. The maximum Gasteiger partial charge on any atom is 0.414 e. The van der Waals surface area contributed by atoms with Gasteiger partial charge in [-0.25, -0.2) is 19.2 Å². The van der Waals surface area contributed by atoms with Crippen LogP contribution in [0.2, 0.25) is 0 Å². The number of carbonyl (C=O) groups is 2. The number of carbonyl (C=O) groups excluding carboxylic acids is 2. The number of amides is 1. The fourth-order valence-corrected chi connectivity index (χ4v) is 3.53. The van der Waals surface area contributed by atoms with Gasteiger partial charge in [0.1, 0.15) is 19.0 Å². The summed E-state index contributed by atoms with van der Waals surface area (Å²) in [4.78, 5) is 38.9. The molecule has 0 atom stereocenters. The smallest absolute Gasteiger partial charge is 0.414 e. The standard InChI is InChI=1S/C24H30FN7O5/c1-2-35-20(33)7-4-12-37-31-18-8-10-32(11-9-18)23-28-13-17(14-29-23)19-6-3-5-16(21(19)25)15-36-24(34)30-22(26)27/h3,5-6,13-14H,2,4,7-12,15H2,1H3,(H4,26,27,30,34). The van der Waals surface area contributed by atoms with Crippen molar-refractivity contribution in [3.8, 4) is 11.1 Å². The maximum atomic E-state index is 15.0. The number of guanidine groups is 1. The first kappa shape index (κ1) is 27.3. The second-order valence-corrected chi connectivity index (χ2v) is 8.05. The molecule has 0 radical (unpaired) electrons. The van der Waals surface area contributed by atoms with Gasteiger partial charge in [0.2, 0.25) is 5.95 Å². The molecule has 37 heavy (non-hydrogen) atoms. The van der Waals surface area contributed by atoms with Gasteiger partial charge in [-0.1, -0.05) is 23.4 Å². The largest absolute Gasteiger partial charge is 0.466 e. The number of nitrogens with one attached hydrogen (secondary N) is 2. The van der Waals surface area contributed by atoms with Crippen molar-refractivity contribution in [3.63, 3.8) is 0 Å². The van der Waals surface area contributed by atoms with Crippen LogP contribution in [0.15, 0.2) is 35.7 Å². The number of nitrogens with zero attached hydrogens (tertiary/aromatic N) is 4. The molecule has 1 saturated heterocycles. The fraction of sp³-hybridized carbons (Fsp3) is 0.417. The average Bonchev–Trinajstić information content (AvgIpc) is 2.88. The molecule has 12 nitrogen and oxygen atoms in total. The van der Waals surface area contributed by atoms with E-state index in [1.54, 1.807) is 31.5 Å². The van der Waals surface area contributed by atoms with Crippen molar-refractivity contribution >= 4 is 29.7 Å². The van der Waals surface area contributed by atoms with E-state index in [0.29, 0.717) is 63.5 Å². The minimum Gasteiger partial charge on any atom is -0.466 e. The van der Waals surface area contributed by atoms with Crippen LogP contribution in [0.4, 0.5) is 15.1 Å². The Hall–Kier alpha value is -4.29. The van der Waals surface area contributed by atoms with E-state index in [0.717, 1.165) is 5.71 Å². The number of anilines is 1. The van der Waals surface area contributed by atoms with E-state index in [-0.39, 0.29) is 23.7 Å². The molecule has 198 valence electrons. The second kappa shape index (κ2) is 13.7. The van der Waals surface area contributed by atoms with Crippen molar-refractivity contribution in [2.45, 2.75) is 39.2 Å². The van der Waals surface area contributed by atoms with Gasteiger partial charge < -0.3 is 24.9 Å². The van der Waals surface area contributed by atoms with E-state index in [2.05, 4.69) is 15.1 Å². The second-order valence-electron chi connectivity index (χ2n) is 8.05. The molecule has 1 aliphatic rings. The Morgan fingerprint density at radius 3 is 2.62 bits per heavy atom. The Balaban J connectivity index is 1.50. The number of benzene rings is 1. The highest BCUT2D eigenvalue weighted by Gasteiger charge is 2.19. The summed E-state index contributed by atoms with van der Waals surface area (Å²) in [5.41, 5.74) is 6.91. The monoisotopic (exact) mass is 515 g/mol. The van der Waals surface area contributed by atoms with Crippen LogP contribution in [0.1, 0.15) is 38.2 Å². The molecule has 13 heteroatoms. The molecular weight excluding hydrogens is 485 g/mol. The Morgan fingerprint density at radius 1 is 1.22 bits per heavy atom. The normalized spacial score (nSPS) is 13.0. The number of nitrogens with two attached hydrogens (primary N) is 1. The predicted octanol–water partition coefficient (Wildman–Crippen LogP) is 2.72. The minimum absolute atomic E-state index is 0.159. The first-order valence-corrected chi connectivity index (χ1v) is 11.8. The lowest BCUT2D eigenvalue weighted by Crippen LogP contribution is -2.36. The number of hydrogen-bond donors (Lipinski definition) is 3. The summed E-state index contributed by atoms with van der Waals surface area (Å²) >= 11 is 0. The van der Waals surface area contributed by atoms with Gasteiger partial charge in [0.25, 0.3) is 0 Å². The lowest BCUT2D eigenvalue weighted by Gasteiger charge is -2.27. The summed E-state index contributed by atoms with van der Waals surface area (Å²) < 4.78 is 24.8. The summed E-state index contributed by atoms with van der Waals surface area (Å²) in [6.45, 7) is 3.49.